The summed E-state index contributed by atoms with van der Waals surface area (Å²) in [6.07, 6.45) is -4.96. The highest BCUT2D eigenvalue weighted by Crippen LogP contribution is 2.33. The van der Waals surface area contributed by atoms with Crippen molar-refractivity contribution in [2.45, 2.75) is 17.6 Å². The second-order valence-electron chi connectivity index (χ2n) is 6.95. The lowest BCUT2D eigenvalue weighted by Crippen LogP contribution is -2.37. The van der Waals surface area contributed by atoms with E-state index in [9.17, 15) is 30.8 Å². The van der Waals surface area contributed by atoms with Gasteiger partial charge in [-0.25, -0.2) is 12.8 Å². The fraction of sp³-hybridized carbons (Fsp3) is 0.136. The predicted molar refractivity (Wildman–Crippen MR) is 116 cm³/mol. The average molecular weight is 501 g/mol. The van der Waals surface area contributed by atoms with Crippen LogP contribution in [-0.4, -0.2) is 25.2 Å². The van der Waals surface area contributed by atoms with Crippen LogP contribution in [0.1, 0.15) is 11.1 Å². The van der Waals surface area contributed by atoms with Crippen LogP contribution in [0.25, 0.3) is 0 Å². The van der Waals surface area contributed by atoms with Gasteiger partial charge in [0.25, 0.3) is 0 Å². The molecule has 0 saturated carbocycles. The summed E-state index contributed by atoms with van der Waals surface area (Å²) in [6.45, 7) is -0.866. The molecule has 3 aromatic carbocycles. The maximum absolute atomic E-state index is 13.5. The van der Waals surface area contributed by atoms with E-state index in [1.54, 1.807) is 30.3 Å². The largest absolute Gasteiger partial charge is 0.419 e. The van der Waals surface area contributed by atoms with Gasteiger partial charge in [-0.05, 0) is 48.0 Å². The lowest BCUT2D eigenvalue weighted by Gasteiger charge is -2.22. The van der Waals surface area contributed by atoms with Gasteiger partial charge in [-0.15, -0.1) is 0 Å². The summed E-state index contributed by atoms with van der Waals surface area (Å²) >= 11 is 5.82. The number of nitrogens with one attached hydrogen (secondary N) is 1. The fourth-order valence-electron chi connectivity index (χ4n) is 2.95. The van der Waals surface area contributed by atoms with Gasteiger partial charge in [0.15, 0.2) is 0 Å². The first-order chi connectivity index (χ1) is 15.5. The normalized spacial score (nSPS) is 12.1. The van der Waals surface area contributed by atoms with Crippen molar-refractivity contribution in [3.63, 3.8) is 0 Å². The number of hydrogen-bond donors (Lipinski definition) is 1. The van der Waals surface area contributed by atoms with E-state index in [0.717, 1.165) is 10.4 Å². The van der Waals surface area contributed by atoms with Crippen LogP contribution < -0.4 is 5.32 Å². The molecule has 33 heavy (non-hydrogen) atoms. The molecule has 5 nitrogen and oxygen atoms in total. The first kappa shape index (κ1) is 24.7. The van der Waals surface area contributed by atoms with Gasteiger partial charge < -0.3 is 5.32 Å². The van der Waals surface area contributed by atoms with Crippen molar-refractivity contribution in [1.29, 1.82) is 0 Å². The van der Waals surface area contributed by atoms with Crippen molar-refractivity contribution >= 4 is 33.2 Å². The van der Waals surface area contributed by atoms with E-state index in [-0.39, 0.29) is 17.1 Å². The van der Waals surface area contributed by atoms with Crippen molar-refractivity contribution in [2.75, 3.05) is 11.9 Å². The van der Waals surface area contributed by atoms with Gasteiger partial charge in [-0.2, -0.15) is 17.5 Å². The number of anilines is 1. The van der Waals surface area contributed by atoms with Gasteiger partial charge in [0.1, 0.15) is 5.82 Å². The topological polar surface area (TPSA) is 66.5 Å². The van der Waals surface area contributed by atoms with Crippen molar-refractivity contribution in [3.05, 3.63) is 94.8 Å². The minimum atomic E-state index is -4.96. The Morgan fingerprint density at radius 2 is 1.61 bits per heavy atom. The average Bonchev–Trinajstić information content (AvgIpc) is 2.75. The minimum Gasteiger partial charge on any atom is -0.325 e. The van der Waals surface area contributed by atoms with Crippen LogP contribution in [0.2, 0.25) is 5.02 Å². The zero-order valence-electron chi connectivity index (χ0n) is 16.8. The number of amides is 1. The van der Waals surface area contributed by atoms with Gasteiger partial charge in [0.05, 0.1) is 17.0 Å². The molecule has 174 valence electrons. The van der Waals surface area contributed by atoms with Crippen LogP contribution in [0.5, 0.6) is 0 Å². The summed E-state index contributed by atoms with van der Waals surface area (Å²) in [5.41, 5.74) is -1.28. The molecule has 0 unspecified atom stereocenters. The first-order valence-corrected chi connectivity index (χ1v) is 11.2. The molecule has 0 spiro atoms. The van der Waals surface area contributed by atoms with Gasteiger partial charge in [-0.3, -0.25) is 4.79 Å². The lowest BCUT2D eigenvalue weighted by atomic mass is 10.2. The third kappa shape index (κ3) is 6.31. The fourth-order valence-corrected chi connectivity index (χ4v) is 4.46. The molecular formula is C22H17ClF4N2O3S. The molecule has 0 bridgehead atoms. The summed E-state index contributed by atoms with van der Waals surface area (Å²) in [6, 6.07) is 15.8. The Kier molecular flexibility index (Phi) is 7.41. The van der Waals surface area contributed by atoms with Gasteiger partial charge in [0.2, 0.25) is 15.9 Å². The molecule has 0 aromatic heterocycles. The molecular weight excluding hydrogens is 484 g/mol. The number of rotatable bonds is 7. The van der Waals surface area contributed by atoms with Gasteiger partial charge in [-0.1, -0.05) is 41.9 Å². The molecule has 0 aliphatic carbocycles. The predicted octanol–water partition coefficient (Wildman–Crippen LogP) is 5.33. The second kappa shape index (κ2) is 9.90. The first-order valence-electron chi connectivity index (χ1n) is 9.43. The third-order valence-corrected chi connectivity index (χ3v) is 6.59. The van der Waals surface area contributed by atoms with Crippen LogP contribution in [0.15, 0.2) is 77.7 Å². The molecule has 0 heterocycles. The summed E-state index contributed by atoms with van der Waals surface area (Å²) in [5.74, 6) is -2.39. The SMILES string of the molecule is O=C(CN(Cc1ccccc1)S(=O)(=O)c1ccc(Cl)cc1)Nc1ccc(F)c(C(F)(F)F)c1. The highest BCUT2D eigenvalue weighted by atomic mass is 35.5. The summed E-state index contributed by atoms with van der Waals surface area (Å²) < 4.78 is 79.5. The molecule has 3 aromatic rings. The van der Waals surface area contributed by atoms with E-state index >= 15 is 0 Å². The number of carbonyl (C=O) groups excluding carboxylic acids is 1. The van der Waals surface area contributed by atoms with Crippen LogP contribution >= 0.6 is 11.6 Å². The van der Waals surface area contributed by atoms with E-state index in [2.05, 4.69) is 5.32 Å². The molecule has 1 amide bonds. The molecule has 0 radical (unpaired) electrons. The maximum atomic E-state index is 13.5. The molecule has 0 aliphatic rings. The number of halogens is 5. The number of alkyl halides is 3. The summed E-state index contributed by atoms with van der Waals surface area (Å²) in [5, 5.41) is 2.52. The van der Waals surface area contributed by atoms with Crippen molar-refractivity contribution < 1.29 is 30.8 Å². The molecule has 3 rings (SSSR count). The molecule has 0 aliphatic heterocycles. The Labute approximate surface area is 192 Å². The Hall–Kier alpha value is -2.95. The van der Waals surface area contributed by atoms with Crippen molar-refractivity contribution in [3.8, 4) is 0 Å². The molecule has 1 N–H and O–H groups in total. The molecule has 0 atom stereocenters. The van der Waals surface area contributed by atoms with Crippen LogP contribution in [0.3, 0.4) is 0 Å². The number of hydrogen-bond acceptors (Lipinski definition) is 3. The molecule has 11 heteroatoms. The summed E-state index contributed by atoms with van der Waals surface area (Å²) in [4.78, 5) is 12.5. The zero-order valence-corrected chi connectivity index (χ0v) is 18.4. The van der Waals surface area contributed by atoms with Crippen molar-refractivity contribution in [1.82, 2.24) is 4.31 Å². The van der Waals surface area contributed by atoms with Crippen LogP contribution in [-0.2, 0) is 27.5 Å². The number of sulfonamides is 1. The van der Waals surface area contributed by atoms with Crippen molar-refractivity contribution in [2.24, 2.45) is 0 Å². The van der Waals surface area contributed by atoms with Gasteiger partial charge >= 0.3 is 6.18 Å². The number of nitrogens with zero attached hydrogens (tertiary/aromatic N) is 1. The second-order valence-corrected chi connectivity index (χ2v) is 9.33. The quantitative estimate of drug-likeness (QED) is 0.446. The highest BCUT2D eigenvalue weighted by Gasteiger charge is 2.34. The van der Waals surface area contributed by atoms with Crippen LogP contribution in [0, 0.1) is 5.82 Å². The Balaban J connectivity index is 1.87. The maximum Gasteiger partial charge on any atom is 0.419 e. The number of carbonyl (C=O) groups is 1. The standard InChI is InChI=1S/C22H17ClF4N2O3S/c23-16-6-9-18(10-7-16)33(31,32)29(13-15-4-2-1-3-5-15)14-21(30)28-17-8-11-20(24)19(12-17)22(25,26)27/h1-12H,13-14H2,(H,28,30). The Morgan fingerprint density at radius 3 is 2.21 bits per heavy atom. The van der Waals surface area contributed by atoms with E-state index in [4.69, 9.17) is 11.6 Å². The van der Waals surface area contributed by atoms with Crippen LogP contribution in [0.4, 0.5) is 23.2 Å². The van der Waals surface area contributed by atoms with E-state index in [1.807, 2.05) is 0 Å². The van der Waals surface area contributed by atoms with E-state index in [1.165, 1.54) is 24.3 Å². The minimum absolute atomic E-state index is 0.114. The zero-order chi connectivity index (χ0) is 24.2. The van der Waals surface area contributed by atoms with Gasteiger partial charge in [0, 0.05) is 17.3 Å². The van der Waals surface area contributed by atoms with E-state index < -0.39 is 40.0 Å². The van der Waals surface area contributed by atoms with E-state index in [0.29, 0.717) is 22.7 Å². The molecule has 0 saturated heterocycles. The monoisotopic (exact) mass is 500 g/mol. The summed E-state index contributed by atoms with van der Waals surface area (Å²) in [7, 11) is -4.17. The Morgan fingerprint density at radius 1 is 0.970 bits per heavy atom. The smallest absolute Gasteiger partial charge is 0.325 e. The molecule has 0 fully saturated rings. The highest BCUT2D eigenvalue weighted by molar-refractivity contribution is 7.89. The Bertz CT molecular complexity index is 1230. The number of benzene rings is 3. The third-order valence-electron chi connectivity index (χ3n) is 4.53. The lowest BCUT2D eigenvalue weighted by molar-refractivity contribution is -0.140.